The molecule has 0 N–H and O–H groups in total. The molecule has 0 radical (unpaired) electrons. The van der Waals surface area contributed by atoms with Crippen LogP contribution in [0.5, 0.6) is 5.88 Å². The molecule has 76 valence electrons. The van der Waals surface area contributed by atoms with Crippen LogP contribution < -0.4 is 4.74 Å². The molecule has 0 saturated heterocycles. The van der Waals surface area contributed by atoms with Crippen molar-refractivity contribution >= 4 is 16.8 Å². The van der Waals surface area contributed by atoms with Crippen LogP contribution >= 0.6 is 11.6 Å². The van der Waals surface area contributed by atoms with E-state index in [0.717, 1.165) is 12.4 Å². The summed E-state index contributed by atoms with van der Waals surface area (Å²) in [4.78, 5) is 17.0. The Morgan fingerprint density at radius 3 is 2.43 bits per heavy atom. The van der Waals surface area contributed by atoms with Gasteiger partial charge in [0.15, 0.2) is 5.69 Å². The quantitative estimate of drug-likeness (QED) is 0.721. The predicted octanol–water partition coefficient (Wildman–Crippen LogP) is 1.75. The summed E-state index contributed by atoms with van der Waals surface area (Å²) < 4.78 is 38.6. The van der Waals surface area contributed by atoms with Gasteiger partial charge in [-0.15, -0.1) is 13.2 Å². The van der Waals surface area contributed by atoms with Gasteiger partial charge in [-0.25, -0.2) is 9.97 Å². The number of carbonyl (C=O) groups excluding carboxylic acids is 1. The van der Waals surface area contributed by atoms with E-state index in [1.54, 1.807) is 0 Å². The summed E-state index contributed by atoms with van der Waals surface area (Å²) in [5, 5.41) is -1.17. The van der Waals surface area contributed by atoms with Gasteiger partial charge in [0.05, 0.1) is 0 Å². The van der Waals surface area contributed by atoms with Crippen LogP contribution in [0.3, 0.4) is 0 Å². The van der Waals surface area contributed by atoms with E-state index >= 15 is 0 Å². The maximum Gasteiger partial charge on any atom is 0.574 e. The SMILES string of the molecule is O=C(Cl)c1nccnc1OC(F)(F)F. The molecule has 0 aliphatic carbocycles. The number of alkyl halides is 3. The van der Waals surface area contributed by atoms with Gasteiger partial charge in [-0.3, -0.25) is 4.79 Å². The highest BCUT2D eigenvalue weighted by Crippen LogP contribution is 2.23. The molecule has 0 atom stereocenters. The van der Waals surface area contributed by atoms with Crippen molar-refractivity contribution in [2.45, 2.75) is 6.36 Å². The van der Waals surface area contributed by atoms with E-state index in [0.29, 0.717) is 0 Å². The van der Waals surface area contributed by atoms with Gasteiger partial charge in [0.1, 0.15) is 0 Å². The summed E-state index contributed by atoms with van der Waals surface area (Å²) in [5.74, 6) is -0.958. The van der Waals surface area contributed by atoms with Crippen molar-refractivity contribution in [2.75, 3.05) is 0 Å². The van der Waals surface area contributed by atoms with Crippen LogP contribution in [-0.4, -0.2) is 21.6 Å². The van der Waals surface area contributed by atoms with E-state index in [4.69, 9.17) is 11.6 Å². The Morgan fingerprint density at radius 2 is 1.93 bits per heavy atom. The average Bonchev–Trinajstić information content (AvgIpc) is 2.01. The van der Waals surface area contributed by atoms with E-state index in [1.165, 1.54) is 0 Å². The molecule has 0 spiro atoms. The Kier molecular flexibility index (Phi) is 2.90. The van der Waals surface area contributed by atoms with Crippen LogP contribution in [-0.2, 0) is 0 Å². The molecule has 0 unspecified atom stereocenters. The summed E-state index contributed by atoms with van der Waals surface area (Å²) >= 11 is 4.95. The summed E-state index contributed by atoms with van der Waals surface area (Å²) in [7, 11) is 0. The lowest BCUT2D eigenvalue weighted by atomic mass is 10.5. The van der Waals surface area contributed by atoms with E-state index in [-0.39, 0.29) is 0 Å². The molecule has 8 heteroatoms. The van der Waals surface area contributed by atoms with Gasteiger partial charge >= 0.3 is 6.36 Å². The summed E-state index contributed by atoms with van der Waals surface area (Å²) in [6.07, 6.45) is -2.96. The third-order valence-corrected chi connectivity index (χ3v) is 1.24. The summed E-state index contributed by atoms with van der Waals surface area (Å²) in [5.41, 5.74) is -0.675. The molecule has 1 aromatic rings. The molecule has 0 bridgehead atoms. The summed E-state index contributed by atoms with van der Waals surface area (Å²) in [6.45, 7) is 0. The maximum atomic E-state index is 11.7. The minimum atomic E-state index is -4.93. The third kappa shape index (κ3) is 2.84. The van der Waals surface area contributed by atoms with Crippen molar-refractivity contribution in [2.24, 2.45) is 0 Å². The van der Waals surface area contributed by atoms with Crippen LogP contribution in [0.4, 0.5) is 13.2 Å². The highest BCUT2D eigenvalue weighted by Gasteiger charge is 2.34. The molecule has 0 aliphatic heterocycles. The molecular weight excluding hydrogens is 225 g/mol. The minimum Gasteiger partial charge on any atom is -0.385 e. The first kappa shape index (κ1) is 10.7. The fraction of sp³-hybridized carbons (Fsp3) is 0.167. The van der Waals surface area contributed by atoms with E-state index in [1.807, 2.05) is 0 Å². The standard InChI is InChI=1S/C6H2ClF3N2O2/c7-4(13)3-5(12-2-1-11-3)14-6(8,9)10/h1-2H. The van der Waals surface area contributed by atoms with Crippen molar-refractivity contribution < 1.29 is 22.7 Å². The average molecular weight is 227 g/mol. The molecule has 0 amide bonds. The number of hydrogen-bond acceptors (Lipinski definition) is 4. The van der Waals surface area contributed by atoms with Gasteiger partial charge in [-0.1, -0.05) is 0 Å². The number of carbonyl (C=O) groups is 1. The molecule has 1 aromatic heterocycles. The Labute approximate surface area is 80.7 Å². The molecule has 0 aliphatic rings. The molecule has 1 rings (SSSR count). The zero-order chi connectivity index (χ0) is 10.8. The lowest BCUT2D eigenvalue weighted by Crippen LogP contribution is -2.19. The van der Waals surface area contributed by atoms with Gasteiger partial charge in [-0.05, 0) is 11.6 Å². The van der Waals surface area contributed by atoms with Crippen LogP contribution in [0.25, 0.3) is 0 Å². The number of aromatic nitrogens is 2. The summed E-state index contributed by atoms with van der Waals surface area (Å²) in [6, 6.07) is 0. The normalized spacial score (nSPS) is 11.1. The van der Waals surface area contributed by atoms with Gasteiger partial charge in [0.25, 0.3) is 11.1 Å². The zero-order valence-electron chi connectivity index (χ0n) is 6.38. The predicted molar refractivity (Wildman–Crippen MR) is 38.9 cm³/mol. The maximum absolute atomic E-state index is 11.7. The van der Waals surface area contributed by atoms with Crippen molar-refractivity contribution in [3.05, 3.63) is 18.1 Å². The van der Waals surface area contributed by atoms with Gasteiger partial charge < -0.3 is 4.74 Å². The number of nitrogens with zero attached hydrogens (tertiary/aromatic N) is 2. The fourth-order valence-electron chi connectivity index (χ4n) is 0.644. The van der Waals surface area contributed by atoms with E-state index in [2.05, 4.69) is 14.7 Å². The second-order valence-corrected chi connectivity index (χ2v) is 2.37. The third-order valence-electron chi connectivity index (χ3n) is 1.06. The largest absolute Gasteiger partial charge is 0.574 e. The van der Waals surface area contributed by atoms with Crippen LogP contribution in [0.1, 0.15) is 10.5 Å². The number of hydrogen-bond donors (Lipinski definition) is 0. The number of ether oxygens (including phenoxy) is 1. The zero-order valence-corrected chi connectivity index (χ0v) is 7.13. The Hall–Kier alpha value is -1.37. The highest BCUT2D eigenvalue weighted by atomic mass is 35.5. The smallest absolute Gasteiger partial charge is 0.385 e. The van der Waals surface area contributed by atoms with Gasteiger partial charge in [0, 0.05) is 12.4 Å². The van der Waals surface area contributed by atoms with Crippen molar-refractivity contribution in [1.82, 2.24) is 9.97 Å². The monoisotopic (exact) mass is 226 g/mol. The Morgan fingerprint density at radius 1 is 1.36 bits per heavy atom. The van der Waals surface area contributed by atoms with Crippen LogP contribution in [0, 0.1) is 0 Å². The van der Waals surface area contributed by atoms with E-state index in [9.17, 15) is 18.0 Å². The van der Waals surface area contributed by atoms with Crippen molar-refractivity contribution in [3.63, 3.8) is 0 Å². The Bertz CT molecular complexity index is 355. The highest BCUT2D eigenvalue weighted by molar-refractivity contribution is 6.67. The Balaban J connectivity index is 3.02. The first-order valence-corrected chi connectivity index (χ1v) is 3.54. The first-order chi connectivity index (χ1) is 6.40. The van der Waals surface area contributed by atoms with E-state index < -0.39 is 23.2 Å². The van der Waals surface area contributed by atoms with Crippen LogP contribution in [0.15, 0.2) is 12.4 Å². The molecule has 1 heterocycles. The minimum absolute atomic E-state index is 0.675. The first-order valence-electron chi connectivity index (χ1n) is 3.17. The van der Waals surface area contributed by atoms with Crippen LogP contribution in [0.2, 0.25) is 0 Å². The second kappa shape index (κ2) is 3.79. The lowest BCUT2D eigenvalue weighted by molar-refractivity contribution is -0.276. The van der Waals surface area contributed by atoms with Gasteiger partial charge in [-0.2, -0.15) is 0 Å². The molecular formula is C6H2ClF3N2O2. The number of rotatable bonds is 2. The lowest BCUT2D eigenvalue weighted by Gasteiger charge is -2.08. The second-order valence-electron chi connectivity index (χ2n) is 2.03. The number of halogens is 4. The van der Waals surface area contributed by atoms with Crippen molar-refractivity contribution in [3.8, 4) is 5.88 Å². The molecule has 0 aromatic carbocycles. The molecule has 4 nitrogen and oxygen atoms in total. The topological polar surface area (TPSA) is 52.1 Å². The molecule has 0 saturated carbocycles. The fourth-order valence-corrected chi connectivity index (χ4v) is 0.774. The van der Waals surface area contributed by atoms with Gasteiger partial charge in [0.2, 0.25) is 0 Å². The van der Waals surface area contributed by atoms with Crippen molar-refractivity contribution in [1.29, 1.82) is 0 Å². The molecule has 14 heavy (non-hydrogen) atoms. The molecule has 0 fully saturated rings.